The van der Waals surface area contributed by atoms with Crippen molar-refractivity contribution in [2.24, 2.45) is 5.92 Å². The summed E-state index contributed by atoms with van der Waals surface area (Å²) in [5, 5.41) is 13.6. The van der Waals surface area contributed by atoms with E-state index in [4.69, 9.17) is 0 Å². The van der Waals surface area contributed by atoms with Crippen LogP contribution in [0.5, 0.6) is 0 Å². The molecule has 0 spiro atoms. The Labute approximate surface area is 97.7 Å². The van der Waals surface area contributed by atoms with Gasteiger partial charge >= 0.3 is 0 Å². The van der Waals surface area contributed by atoms with Crippen molar-refractivity contribution in [3.05, 3.63) is 35.4 Å². The smallest absolute Gasteiger partial charge is 0.0609 e. The van der Waals surface area contributed by atoms with E-state index in [9.17, 15) is 5.11 Å². The molecule has 2 nitrogen and oxygen atoms in total. The molecule has 1 fully saturated rings. The van der Waals surface area contributed by atoms with Crippen LogP contribution < -0.4 is 5.32 Å². The van der Waals surface area contributed by atoms with E-state index in [1.165, 1.54) is 11.1 Å². The lowest BCUT2D eigenvalue weighted by molar-refractivity contribution is 0.0889. The molecule has 0 aromatic heterocycles. The lowest BCUT2D eigenvalue weighted by atomic mass is 9.88. The summed E-state index contributed by atoms with van der Waals surface area (Å²) in [5.74, 6) is 0.473. The molecule has 1 atom stereocenters. The summed E-state index contributed by atoms with van der Waals surface area (Å²) in [6.45, 7) is 4.22. The highest BCUT2D eigenvalue weighted by atomic mass is 16.3. The van der Waals surface area contributed by atoms with Crippen molar-refractivity contribution >= 4 is 0 Å². The molecule has 1 aliphatic heterocycles. The van der Waals surface area contributed by atoms with E-state index in [2.05, 4.69) is 36.5 Å². The van der Waals surface area contributed by atoms with Gasteiger partial charge in [-0.25, -0.2) is 0 Å². The van der Waals surface area contributed by atoms with Crippen LogP contribution in [0.4, 0.5) is 0 Å². The van der Waals surface area contributed by atoms with E-state index in [0.717, 1.165) is 32.4 Å². The summed E-state index contributed by atoms with van der Waals surface area (Å²) in [6, 6.07) is 8.34. The van der Waals surface area contributed by atoms with Gasteiger partial charge in [-0.15, -0.1) is 0 Å². The van der Waals surface area contributed by atoms with Crippen LogP contribution in [0.25, 0.3) is 0 Å². The van der Waals surface area contributed by atoms with E-state index < -0.39 is 0 Å². The maximum absolute atomic E-state index is 10.2. The highest BCUT2D eigenvalue weighted by Gasteiger charge is 2.21. The molecule has 2 rings (SSSR count). The highest BCUT2D eigenvalue weighted by molar-refractivity contribution is 5.26. The molecule has 0 aliphatic carbocycles. The van der Waals surface area contributed by atoms with Gasteiger partial charge in [0.2, 0.25) is 0 Å². The number of hydrogen-bond donors (Lipinski definition) is 2. The van der Waals surface area contributed by atoms with Crippen LogP contribution >= 0.6 is 0 Å². The van der Waals surface area contributed by atoms with Crippen LogP contribution in [0.1, 0.15) is 24.0 Å². The van der Waals surface area contributed by atoms with Crippen molar-refractivity contribution in [3.63, 3.8) is 0 Å². The minimum absolute atomic E-state index is 0.178. The van der Waals surface area contributed by atoms with Gasteiger partial charge in [0, 0.05) is 0 Å². The van der Waals surface area contributed by atoms with E-state index in [-0.39, 0.29) is 6.10 Å². The quantitative estimate of drug-likeness (QED) is 0.814. The van der Waals surface area contributed by atoms with E-state index in [1.807, 2.05) is 0 Å². The van der Waals surface area contributed by atoms with Gasteiger partial charge in [0.25, 0.3) is 0 Å². The van der Waals surface area contributed by atoms with Gasteiger partial charge in [-0.3, -0.25) is 0 Å². The van der Waals surface area contributed by atoms with Crippen molar-refractivity contribution < 1.29 is 5.11 Å². The van der Waals surface area contributed by atoms with Crippen LogP contribution in [-0.4, -0.2) is 24.3 Å². The van der Waals surface area contributed by atoms with Crippen molar-refractivity contribution in [3.8, 4) is 0 Å². The average Bonchev–Trinajstić information content (AvgIpc) is 2.33. The third-order valence-electron chi connectivity index (χ3n) is 3.62. The molecule has 0 amide bonds. The lowest BCUT2D eigenvalue weighted by Crippen LogP contribution is -2.35. The molecule has 1 unspecified atom stereocenters. The van der Waals surface area contributed by atoms with Gasteiger partial charge < -0.3 is 10.4 Å². The van der Waals surface area contributed by atoms with Gasteiger partial charge in [-0.05, 0) is 56.3 Å². The number of aliphatic hydroxyl groups is 1. The fourth-order valence-electron chi connectivity index (χ4n) is 2.46. The number of rotatable bonds is 3. The first-order chi connectivity index (χ1) is 7.77. The van der Waals surface area contributed by atoms with Crippen molar-refractivity contribution in [2.45, 2.75) is 32.3 Å². The minimum atomic E-state index is -0.178. The molecular weight excluding hydrogens is 198 g/mol. The number of benzene rings is 1. The standard InChI is InChI=1S/C14H21NO/c1-11-4-2-3-5-13(11)10-14(16)12-6-8-15-9-7-12/h2-5,12,14-16H,6-10H2,1H3. The van der Waals surface area contributed by atoms with Gasteiger partial charge in [0.1, 0.15) is 0 Å². The molecular formula is C14H21NO. The first kappa shape index (κ1) is 11.6. The zero-order valence-electron chi connectivity index (χ0n) is 9.95. The Hall–Kier alpha value is -0.860. The third kappa shape index (κ3) is 2.83. The maximum atomic E-state index is 10.2. The number of piperidine rings is 1. The van der Waals surface area contributed by atoms with E-state index in [1.54, 1.807) is 0 Å². The van der Waals surface area contributed by atoms with Crippen LogP contribution in [0.2, 0.25) is 0 Å². The fraction of sp³-hybridized carbons (Fsp3) is 0.571. The largest absolute Gasteiger partial charge is 0.392 e. The molecule has 1 aromatic rings. The Balaban J connectivity index is 1.96. The van der Waals surface area contributed by atoms with Crippen molar-refractivity contribution in [1.82, 2.24) is 5.32 Å². The highest BCUT2D eigenvalue weighted by Crippen LogP contribution is 2.20. The molecule has 0 radical (unpaired) electrons. The number of hydrogen-bond acceptors (Lipinski definition) is 2. The van der Waals surface area contributed by atoms with Crippen LogP contribution in [-0.2, 0) is 6.42 Å². The summed E-state index contributed by atoms with van der Waals surface area (Å²) in [7, 11) is 0. The Kier molecular flexibility index (Phi) is 3.97. The monoisotopic (exact) mass is 219 g/mol. The second kappa shape index (κ2) is 5.46. The van der Waals surface area contributed by atoms with Crippen LogP contribution in [0.15, 0.2) is 24.3 Å². The summed E-state index contributed by atoms with van der Waals surface area (Å²) in [6.07, 6.45) is 2.83. The topological polar surface area (TPSA) is 32.3 Å². The third-order valence-corrected chi connectivity index (χ3v) is 3.62. The second-order valence-electron chi connectivity index (χ2n) is 4.79. The molecule has 88 valence electrons. The minimum Gasteiger partial charge on any atom is -0.392 e. The zero-order chi connectivity index (χ0) is 11.4. The zero-order valence-corrected chi connectivity index (χ0v) is 9.95. The van der Waals surface area contributed by atoms with E-state index in [0.29, 0.717) is 5.92 Å². The SMILES string of the molecule is Cc1ccccc1CC(O)C1CCNCC1. The number of aryl methyl sites for hydroxylation is 1. The molecule has 1 heterocycles. The first-order valence-corrected chi connectivity index (χ1v) is 6.20. The number of aliphatic hydroxyl groups excluding tert-OH is 1. The molecule has 1 aliphatic rings. The molecule has 1 saturated heterocycles. The molecule has 0 saturated carbocycles. The van der Waals surface area contributed by atoms with Gasteiger partial charge in [0.15, 0.2) is 0 Å². The second-order valence-corrected chi connectivity index (χ2v) is 4.79. The average molecular weight is 219 g/mol. The molecule has 0 bridgehead atoms. The Morgan fingerprint density at radius 3 is 2.69 bits per heavy atom. The predicted octanol–water partition coefficient (Wildman–Crippen LogP) is 1.90. The summed E-state index contributed by atoms with van der Waals surface area (Å²) >= 11 is 0. The van der Waals surface area contributed by atoms with Crippen LogP contribution in [0.3, 0.4) is 0 Å². The lowest BCUT2D eigenvalue weighted by Gasteiger charge is -2.27. The van der Waals surface area contributed by atoms with Gasteiger partial charge in [-0.1, -0.05) is 24.3 Å². The summed E-state index contributed by atoms with van der Waals surface area (Å²) in [4.78, 5) is 0. The molecule has 2 heteroatoms. The maximum Gasteiger partial charge on any atom is 0.0609 e. The summed E-state index contributed by atoms with van der Waals surface area (Å²) < 4.78 is 0. The molecule has 1 aromatic carbocycles. The van der Waals surface area contributed by atoms with Crippen molar-refractivity contribution in [2.75, 3.05) is 13.1 Å². The number of nitrogens with one attached hydrogen (secondary N) is 1. The van der Waals surface area contributed by atoms with Crippen molar-refractivity contribution in [1.29, 1.82) is 0 Å². The first-order valence-electron chi connectivity index (χ1n) is 6.20. The molecule has 2 N–H and O–H groups in total. The van der Waals surface area contributed by atoms with E-state index >= 15 is 0 Å². The molecule has 16 heavy (non-hydrogen) atoms. The van der Waals surface area contributed by atoms with Crippen LogP contribution in [0, 0.1) is 12.8 Å². The Morgan fingerprint density at radius 2 is 2.00 bits per heavy atom. The summed E-state index contributed by atoms with van der Waals surface area (Å²) in [5.41, 5.74) is 2.57. The Morgan fingerprint density at radius 1 is 1.31 bits per heavy atom. The fourth-order valence-corrected chi connectivity index (χ4v) is 2.46. The predicted molar refractivity (Wildman–Crippen MR) is 66.5 cm³/mol. The Bertz CT molecular complexity index is 331. The normalized spacial score (nSPS) is 19.6. The van der Waals surface area contributed by atoms with Gasteiger partial charge in [0.05, 0.1) is 6.10 Å². The van der Waals surface area contributed by atoms with Gasteiger partial charge in [-0.2, -0.15) is 0 Å².